The minimum absolute atomic E-state index is 0.00639. The molecular formula is C8H8N4O3. The van der Waals surface area contributed by atoms with E-state index in [1.165, 1.54) is 12.3 Å². The Labute approximate surface area is 85.1 Å². The summed E-state index contributed by atoms with van der Waals surface area (Å²) >= 11 is 0. The van der Waals surface area contributed by atoms with Crippen LogP contribution in [0, 0.1) is 21.4 Å². The van der Waals surface area contributed by atoms with Crippen LogP contribution in [0.1, 0.15) is 5.56 Å². The van der Waals surface area contributed by atoms with Gasteiger partial charge < -0.3 is 10.4 Å². The van der Waals surface area contributed by atoms with Gasteiger partial charge in [0.05, 0.1) is 11.5 Å². The average molecular weight is 208 g/mol. The third-order valence-corrected chi connectivity index (χ3v) is 1.63. The van der Waals surface area contributed by atoms with E-state index in [-0.39, 0.29) is 30.2 Å². The summed E-state index contributed by atoms with van der Waals surface area (Å²) in [6, 6.07) is 2.98. The Kier molecular flexibility index (Phi) is 3.54. The minimum atomic E-state index is -0.675. The zero-order chi connectivity index (χ0) is 11.3. The maximum atomic E-state index is 10.7. The average Bonchev–Trinajstić information content (AvgIpc) is 2.25. The molecule has 0 aliphatic rings. The predicted octanol–water partition coefficient (Wildman–Crippen LogP) is 0.266. The van der Waals surface area contributed by atoms with Gasteiger partial charge in [0.15, 0.2) is 0 Å². The summed E-state index contributed by atoms with van der Waals surface area (Å²) in [5, 5.41) is 30.5. The van der Waals surface area contributed by atoms with Crippen LogP contribution in [0.3, 0.4) is 0 Å². The number of anilines is 1. The van der Waals surface area contributed by atoms with Gasteiger partial charge in [-0.3, -0.25) is 10.1 Å². The minimum Gasteiger partial charge on any atom is -0.395 e. The van der Waals surface area contributed by atoms with Gasteiger partial charge in [-0.15, -0.1) is 0 Å². The van der Waals surface area contributed by atoms with Crippen molar-refractivity contribution in [2.45, 2.75) is 0 Å². The second-order valence-corrected chi connectivity index (χ2v) is 2.58. The maximum Gasteiger partial charge on any atom is 0.328 e. The molecule has 1 heterocycles. The van der Waals surface area contributed by atoms with Gasteiger partial charge >= 0.3 is 5.69 Å². The summed E-state index contributed by atoms with van der Waals surface area (Å²) < 4.78 is 0. The fourth-order valence-electron chi connectivity index (χ4n) is 1.03. The maximum absolute atomic E-state index is 10.7. The molecule has 0 aliphatic carbocycles. The standard InChI is InChI=1S/C8H8N4O3/c9-5-6-1-2-10-8(11-3-4-13)7(6)12(14)15/h1-2,13H,3-4H2,(H,10,11). The molecule has 0 aromatic carbocycles. The molecule has 1 aromatic heterocycles. The van der Waals surface area contributed by atoms with Gasteiger partial charge in [0.25, 0.3) is 0 Å². The van der Waals surface area contributed by atoms with Crippen LogP contribution < -0.4 is 5.32 Å². The molecule has 0 saturated carbocycles. The number of nitrogens with zero attached hydrogens (tertiary/aromatic N) is 3. The van der Waals surface area contributed by atoms with E-state index in [4.69, 9.17) is 10.4 Å². The van der Waals surface area contributed by atoms with Crippen molar-refractivity contribution in [2.75, 3.05) is 18.5 Å². The molecule has 0 radical (unpaired) electrons. The number of aliphatic hydroxyl groups is 1. The lowest BCUT2D eigenvalue weighted by Crippen LogP contribution is -2.09. The number of aromatic nitrogens is 1. The van der Waals surface area contributed by atoms with Crippen molar-refractivity contribution in [1.82, 2.24) is 4.98 Å². The quantitative estimate of drug-likeness (QED) is 0.542. The Bertz CT molecular complexity index is 413. The Morgan fingerprint density at radius 1 is 1.73 bits per heavy atom. The molecule has 7 heteroatoms. The number of hydrogen-bond acceptors (Lipinski definition) is 6. The van der Waals surface area contributed by atoms with Gasteiger partial charge in [-0.1, -0.05) is 0 Å². The number of hydrogen-bond donors (Lipinski definition) is 2. The molecule has 7 nitrogen and oxygen atoms in total. The summed E-state index contributed by atoms with van der Waals surface area (Å²) in [5.41, 5.74) is -0.427. The fraction of sp³-hybridized carbons (Fsp3) is 0.250. The molecule has 0 spiro atoms. The molecule has 2 N–H and O–H groups in total. The third-order valence-electron chi connectivity index (χ3n) is 1.63. The molecule has 1 rings (SSSR count). The Hall–Kier alpha value is -2.20. The van der Waals surface area contributed by atoms with Crippen LogP contribution in [-0.2, 0) is 0 Å². The highest BCUT2D eigenvalue weighted by molar-refractivity contribution is 5.63. The van der Waals surface area contributed by atoms with Gasteiger partial charge in [0.2, 0.25) is 5.82 Å². The number of rotatable bonds is 4. The van der Waals surface area contributed by atoms with Crippen molar-refractivity contribution in [3.63, 3.8) is 0 Å². The van der Waals surface area contributed by atoms with Gasteiger partial charge in [-0.25, -0.2) is 4.98 Å². The van der Waals surface area contributed by atoms with Gasteiger partial charge in [0.1, 0.15) is 11.6 Å². The van der Waals surface area contributed by atoms with Crippen LogP contribution in [0.5, 0.6) is 0 Å². The zero-order valence-corrected chi connectivity index (χ0v) is 7.67. The molecule has 15 heavy (non-hydrogen) atoms. The molecule has 0 saturated heterocycles. The van der Waals surface area contributed by atoms with Crippen LogP contribution in [0.4, 0.5) is 11.5 Å². The molecule has 0 atom stereocenters. The van der Waals surface area contributed by atoms with Crippen LogP contribution in [0.2, 0.25) is 0 Å². The highest BCUT2D eigenvalue weighted by Gasteiger charge is 2.20. The first kappa shape index (κ1) is 10.9. The number of pyridine rings is 1. The Morgan fingerprint density at radius 2 is 2.47 bits per heavy atom. The first-order valence-electron chi connectivity index (χ1n) is 4.09. The van der Waals surface area contributed by atoms with E-state index in [2.05, 4.69) is 10.3 Å². The van der Waals surface area contributed by atoms with E-state index in [9.17, 15) is 10.1 Å². The molecular weight excluding hydrogens is 200 g/mol. The summed E-state index contributed by atoms with van der Waals surface area (Å²) in [6.45, 7) is -0.0294. The van der Waals surface area contributed by atoms with E-state index < -0.39 is 4.92 Å². The molecule has 1 aromatic rings. The molecule has 0 unspecified atom stereocenters. The van der Waals surface area contributed by atoms with Crippen molar-refractivity contribution < 1.29 is 10.0 Å². The van der Waals surface area contributed by atoms with Crippen molar-refractivity contribution in [3.05, 3.63) is 27.9 Å². The van der Waals surface area contributed by atoms with Gasteiger partial charge in [-0.05, 0) is 6.07 Å². The molecule has 78 valence electrons. The lowest BCUT2D eigenvalue weighted by molar-refractivity contribution is -0.384. The second kappa shape index (κ2) is 4.88. The van der Waals surface area contributed by atoms with E-state index >= 15 is 0 Å². The van der Waals surface area contributed by atoms with Crippen LogP contribution >= 0.6 is 0 Å². The summed E-state index contributed by atoms with van der Waals surface area (Å²) in [4.78, 5) is 13.7. The van der Waals surface area contributed by atoms with Crippen LogP contribution in [0.15, 0.2) is 12.3 Å². The van der Waals surface area contributed by atoms with Crippen molar-refractivity contribution in [1.29, 1.82) is 5.26 Å². The van der Waals surface area contributed by atoms with E-state index in [1.54, 1.807) is 6.07 Å². The van der Waals surface area contributed by atoms with Gasteiger partial charge in [-0.2, -0.15) is 5.26 Å². The van der Waals surface area contributed by atoms with Crippen molar-refractivity contribution in [3.8, 4) is 6.07 Å². The first-order valence-corrected chi connectivity index (χ1v) is 4.09. The largest absolute Gasteiger partial charge is 0.395 e. The van der Waals surface area contributed by atoms with Gasteiger partial charge in [0, 0.05) is 12.7 Å². The molecule has 0 bridgehead atoms. The molecule has 0 fully saturated rings. The topological polar surface area (TPSA) is 112 Å². The predicted molar refractivity (Wildman–Crippen MR) is 51.2 cm³/mol. The Morgan fingerprint density at radius 3 is 3.00 bits per heavy atom. The number of aliphatic hydroxyl groups excluding tert-OH is 1. The SMILES string of the molecule is N#Cc1ccnc(NCCO)c1[N+](=O)[O-]. The zero-order valence-electron chi connectivity index (χ0n) is 7.67. The number of nitrogens with one attached hydrogen (secondary N) is 1. The third kappa shape index (κ3) is 2.38. The molecule has 0 amide bonds. The summed E-state index contributed by atoms with van der Waals surface area (Å²) in [6.07, 6.45) is 1.30. The summed E-state index contributed by atoms with van der Waals surface area (Å²) in [5.74, 6) is -0.00639. The second-order valence-electron chi connectivity index (χ2n) is 2.58. The molecule has 0 aliphatic heterocycles. The van der Waals surface area contributed by atoms with Crippen LogP contribution in [-0.4, -0.2) is 28.2 Å². The monoisotopic (exact) mass is 208 g/mol. The highest BCUT2D eigenvalue weighted by Crippen LogP contribution is 2.25. The Balaban J connectivity index is 3.15. The first-order chi connectivity index (χ1) is 7.20. The lowest BCUT2D eigenvalue weighted by atomic mass is 10.2. The normalized spacial score (nSPS) is 9.33. The highest BCUT2D eigenvalue weighted by atomic mass is 16.6. The van der Waals surface area contributed by atoms with Crippen molar-refractivity contribution >= 4 is 11.5 Å². The van der Waals surface area contributed by atoms with E-state index in [0.29, 0.717) is 0 Å². The lowest BCUT2D eigenvalue weighted by Gasteiger charge is -2.04. The smallest absolute Gasteiger partial charge is 0.328 e. The number of nitriles is 1. The van der Waals surface area contributed by atoms with Crippen LogP contribution in [0.25, 0.3) is 0 Å². The van der Waals surface area contributed by atoms with E-state index in [1.807, 2.05) is 0 Å². The fourth-order valence-corrected chi connectivity index (χ4v) is 1.03. The summed E-state index contributed by atoms with van der Waals surface area (Å²) in [7, 11) is 0. The van der Waals surface area contributed by atoms with E-state index in [0.717, 1.165) is 0 Å². The number of nitro groups is 1. The van der Waals surface area contributed by atoms with Crippen molar-refractivity contribution in [2.24, 2.45) is 0 Å².